The Bertz CT molecular complexity index is 978. The van der Waals surface area contributed by atoms with Gasteiger partial charge < -0.3 is 5.32 Å². The van der Waals surface area contributed by atoms with Gasteiger partial charge in [-0.05, 0) is 24.3 Å². The maximum absolute atomic E-state index is 12.1. The molecule has 2 heterocycles. The molecule has 2 aromatic carbocycles. The largest absolute Gasteiger partial charge is 0.325 e. The molecule has 0 fully saturated rings. The normalized spacial score (nSPS) is 11.1. The predicted octanol–water partition coefficient (Wildman–Crippen LogP) is 3.67. The van der Waals surface area contributed by atoms with E-state index in [2.05, 4.69) is 21.6 Å². The maximum atomic E-state index is 12.1. The molecular formula is C16H12N4OS2. The number of thioether (sulfide) groups is 1. The number of benzene rings is 2. The van der Waals surface area contributed by atoms with E-state index < -0.39 is 0 Å². The number of hydrogen-bond acceptors (Lipinski definition) is 5. The Morgan fingerprint density at radius 1 is 1.09 bits per heavy atom. The number of nitrogens with one attached hydrogen (secondary N) is 1. The number of para-hydroxylation sites is 2. The first-order valence-corrected chi connectivity index (χ1v) is 8.82. The molecule has 5 nitrogen and oxygen atoms in total. The van der Waals surface area contributed by atoms with Crippen molar-refractivity contribution in [3.05, 3.63) is 54.6 Å². The second-order valence-corrected chi connectivity index (χ2v) is 6.82. The van der Waals surface area contributed by atoms with Crippen molar-refractivity contribution in [2.24, 2.45) is 0 Å². The third-order valence-corrected chi connectivity index (χ3v) is 5.24. The van der Waals surface area contributed by atoms with Crippen LogP contribution in [0.1, 0.15) is 0 Å². The number of hydrogen-bond donors (Lipinski definition) is 1. The molecule has 4 rings (SSSR count). The molecule has 0 aliphatic rings. The summed E-state index contributed by atoms with van der Waals surface area (Å²) in [7, 11) is 0. The molecule has 0 saturated heterocycles. The van der Waals surface area contributed by atoms with Crippen molar-refractivity contribution >= 4 is 49.9 Å². The third kappa shape index (κ3) is 2.80. The lowest BCUT2D eigenvalue weighted by atomic mass is 10.3. The van der Waals surface area contributed by atoms with Gasteiger partial charge in [0, 0.05) is 5.69 Å². The van der Waals surface area contributed by atoms with E-state index in [-0.39, 0.29) is 5.91 Å². The van der Waals surface area contributed by atoms with Crippen LogP contribution in [0.3, 0.4) is 0 Å². The summed E-state index contributed by atoms with van der Waals surface area (Å²) >= 11 is 2.98. The molecule has 7 heteroatoms. The van der Waals surface area contributed by atoms with E-state index in [0.717, 1.165) is 26.0 Å². The van der Waals surface area contributed by atoms with E-state index in [1.807, 2.05) is 52.9 Å². The van der Waals surface area contributed by atoms with Crippen LogP contribution in [0.4, 0.5) is 5.69 Å². The quantitative estimate of drug-likeness (QED) is 0.576. The van der Waals surface area contributed by atoms with Crippen molar-refractivity contribution in [3.63, 3.8) is 0 Å². The van der Waals surface area contributed by atoms with Crippen LogP contribution in [0.25, 0.3) is 15.2 Å². The van der Waals surface area contributed by atoms with E-state index in [4.69, 9.17) is 0 Å². The van der Waals surface area contributed by atoms with Gasteiger partial charge in [-0.3, -0.25) is 9.20 Å². The van der Waals surface area contributed by atoms with Gasteiger partial charge in [0.2, 0.25) is 10.9 Å². The minimum absolute atomic E-state index is 0.0579. The number of thiazole rings is 1. The van der Waals surface area contributed by atoms with Crippen LogP contribution in [0, 0.1) is 0 Å². The molecule has 0 bridgehead atoms. The maximum Gasteiger partial charge on any atom is 0.234 e. The Hall–Kier alpha value is -2.38. The highest BCUT2D eigenvalue weighted by Gasteiger charge is 2.13. The van der Waals surface area contributed by atoms with Gasteiger partial charge in [-0.15, -0.1) is 10.2 Å². The fourth-order valence-corrected chi connectivity index (χ4v) is 4.07. The highest BCUT2D eigenvalue weighted by molar-refractivity contribution is 7.99. The van der Waals surface area contributed by atoms with Crippen molar-refractivity contribution < 1.29 is 4.79 Å². The summed E-state index contributed by atoms with van der Waals surface area (Å²) in [5.41, 5.74) is 1.87. The van der Waals surface area contributed by atoms with Crippen LogP contribution in [0.15, 0.2) is 59.8 Å². The average molecular weight is 340 g/mol. The lowest BCUT2D eigenvalue weighted by Crippen LogP contribution is -2.14. The van der Waals surface area contributed by atoms with Gasteiger partial charge >= 0.3 is 0 Å². The number of fused-ring (bicyclic) bond motifs is 3. The molecule has 0 atom stereocenters. The fourth-order valence-electron chi connectivity index (χ4n) is 2.30. The van der Waals surface area contributed by atoms with Gasteiger partial charge in [-0.25, -0.2) is 0 Å². The van der Waals surface area contributed by atoms with Gasteiger partial charge in [0.25, 0.3) is 0 Å². The summed E-state index contributed by atoms with van der Waals surface area (Å²) in [4.78, 5) is 12.9. The fraction of sp³-hybridized carbons (Fsp3) is 0.0625. The van der Waals surface area contributed by atoms with E-state index in [0.29, 0.717) is 5.75 Å². The van der Waals surface area contributed by atoms with Crippen molar-refractivity contribution in [1.82, 2.24) is 14.6 Å². The molecule has 0 saturated carbocycles. The summed E-state index contributed by atoms with van der Waals surface area (Å²) in [5.74, 6) is 0.234. The van der Waals surface area contributed by atoms with Crippen molar-refractivity contribution in [3.8, 4) is 0 Å². The van der Waals surface area contributed by atoms with Crippen LogP contribution < -0.4 is 5.32 Å². The molecule has 2 aromatic heterocycles. The number of amides is 1. The molecule has 0 aliphatic heterocycles. The van der Waals surface area contributed by atoms with Crippen LogP contribution in [0.2, 0.25) is 0 Å². The average Bonchev–Trinajstić information content (AvgIpc) is 3.13. The van der Waals surface area contributed by atoms with Gasteiger partial charge in [-0.2, -0.15) is 0 Å². The summed E-state index contributed by atoms with van der Waals surface area (Å²) in [5, 5.41) is 12.0. The molecule has 1 amide bonds. The standard InChI is InChI=1S/C16H12N4OS2/c21-14(17-11-6-2-1-3-7-11)10-22-15-18-19-16-20(15)12-8-4-5-9-13(12)23-16/h1-9H,10H2,(H,17,21). The lowest BCUT2D eigenvalue weighted by molar-refractivity contribution is -0.113. The Morgan fingerprint density at radius 3 is 2.74 bits per heavy atom. The third-order valence-electron chi connectivity index (χ3n) is 3.30. The number of carbonyl (C=O) groups excluding carboxylic acids is 1. The minimum atomic E-state index is -0.0579. The van der Waals surface area contributed by atoms with E-state index in [9.17, 15) is 4.79 Å². The van der Waals surface area contributed by atoms with Crippen molar-refractivity contribution in [2.75, 3.05) is 11.1 Å². The first-order chi connectivity index (χ1) is 11.3. The SMILES string of the molecule is O=C(CSc1nnc2sc3ccccc3n12)Nc1ccccc1. The summed E-state index contributed by atoms with van der Waals surface area (Å²) in [6, 6.07) is 17.5. The predicted molar refractivity (Wildman–Crippen MR) is 94.2 cm³/mol. The highest BCUT2D eigenvalue weighted by atomic mass is 32.2. The zero-order valence-electron chi connectivity index (χ0n) is 12.0. The Kier molecular flexibility index (Phi) is 3.72. The zero-order chi connectivity index (χ0) is 15.6. The first kappa shape index (κ1) is 14.2. The molecule has 114 valence electrons. The molecule has 0 radical (unpaired) electrons. The summed E-state index contributed by atoms with van der Waals surface area (Å²) in [6.07, 6.45) is 0. The summed E-state index contributed by atoms with van der Waals surface area (Å²) < 4.78 is 3.16. The van der Waals surface area contributed by atoms with E-state index in [1.165, 1.54) is 11.8 Å². The Balaban J connectivity index is 1.53. The smallest absolute Gasteiger partial charge is 0.234 e. The molecule has 0 unspecified atom stereocenters. The highest BCUT2D eigenvalue weighted by Crippen LogP contribution is 2.29. The Morgan fingerprint density at radius 2 is 1.87 bits per heavy atom. The first-order valence-electron chi connectivity index (χ1n) is 7.01. The molecular weight excluding hydrogens is 328 g/mol. The van der Waals surface area contributed by atoms with Crippen molar-refractivity contribution in [2.45, 2.75) is 5.16 Å². The van der Waals surface area contributed by atoms with E-state index >= 15 is 0 Å². The van der Waals surface area contributed by atoms with Crippen molar-refractivity contribution in [1.29, 1.82) is 0 Å². The number of aromatic nitrogens is 3. The number of carbonyl (C=O) groups is 1. The van der Waals surface area contributed by atoms with Crippen LogP contribution in [-0.2, 0) is 4.79 Å². The van der Waals surface area contributed by atoms with Gasteiger partial charge in [0.1, 0.15) is 0 Å². The second kappa shape index (κ2) is 6.02. The number of anilines is 1. The number of nitrogens with zero attached hydrogens (tertiary/aromatic N) is 3. The molecule has 0 aliphatic carbocycles. The topological polar surface area (TPSA) is 59.3 Å². The number of rotatable bonds is 4. The zero-order valence-corrected chi connectivity index (χ0v) is 13.6. The lowest BCUT2D eigenvalue weighted by Gasteiger charge is -2.03. The van der Waals surface area contributed by atoms with Gasteiger partial charge in [-0.1, -0.05) is 53.4 Å². The molecule has 1 N–H and O–H groups in total. The van der Waals surface area contributed by atoms with Crippen LogP contribution in [0.5, 0.6) is 0 Å². The van der Waals surface area contributed by atoms with Gasteiger partial charge in [0.05, 0.1) is 16.0 Å². The monoisotopic (exact) mass is 340 g/mol. The second-order valence-electron chi connectivity index (χ2n) is 4.87. The van der Waals surface area contributed by atoms with Crippen LogP contribution >= 0.6 is 23.1 Å². The summed E-state index contributed by atoms with van der Waals surface area (Å²) in [6.45, 7) is 0. The van der Waals surface area contributed by atoms with Crippen LogP contribution in [-0.4, -0.2) is 26.3 Å². The molecule has 23 heavy (non-hydrogen) atoms. The molecule has 0 spiro atoms. The van der Waals surface area contributed by atoms with Gasteiger partial charge in [0.15, 0.2) is 5.16 Å². The Labute approximate surface area is 140 Å². The molecule has 4 aromatic rings. The minimum Gasteiger partial charge on any atom is -0.325 e. The van der Waals surface area contributed by atoms with E-state index in [1.54, 1.807) is 11.3 Å².